The van der Waals surface area contributed by atoms with Gasteiger partial charge in [0.25, 0.3) is 0 Å². The van der Waals surface area contributed by atoms with Crippen LogP contribution in [0.15, 0.2) is 55.6 Å². The highest BCUT2D eigenvalue weighted by Crippen LogP contribution is 2.15. The first-order chi connectivity index (χ1) is 8.31. The molecule has 0 saturated carbocycles. The van der Waals surface area contributed by atoms with Gasteiger partial charge in [0, 0.05) is 32.1 Å². The lowest BCUT2D eigenvalue weighted by Gasteiger charge is -2.25. The van der Waals surface area contributed by atoms with Crippen LogP contribution in [-0.2, 0) is 0 Å². The molecule has 0 saturated heterocycles. The molecule has 0 aliphatic carbocycles. The molecule has 0 bridgehead atoms. The Morgan fingerprint density at radius 3 is 2.18 bits per heavy atom. The molecule has 92 valence electrons. The maximum atomic E-state index is 5.87. The van der Waals surface area contributed by atoms with Crippen LogP contribution in [0.25, 0.3) is 0 Å². The lowest BCUT2D eigenvalue weighted by atomic mass is 9.98. The lowest BCUT2D eigenvalue weighted by molar-refractivity contribution is 0.312. The van der Waals surface area contributed by atoms with Crippen molar-refractivity contribution in [1.29, 1.82) is 0 Å². The summed E-state index contributed by atoms with van der Waals surface area (Å²) in [7, 11) is 0. The van der Waals surface area contributed by atoms with Crippen molar-refractivity contribution in [3.63, 3.8) is 0 Å². The van der Waals surface area contributed by atoms with Gasteiger partial charge in [0.2, 0.25) is 0 Å². The molecule has 1 rings (SSSR count). The number of nitrogens with two attached hydrogens (primary N) is 1. The van der Waals surface area contributed by atoms with Gasteiger partial charge in [0.15, 0.2) is 0 Å². The Morgan fingerprint density at radius 2 is 1.71 bits per heavy atom. The minimum atomic E-state index is 0.371. The zero-order valence-corrected chi connectivity index (χ0v) is 10.4. The normalized spacial score (nSPS) is 12.4. The van der Waals surface area contributed by atoms with E-state index in [0.29, 0.717) is 12.5 Å². The van der Waals surface area contributed by atoms with E-state index in [9.17, 15) is 0 Å². The van der Waals surface area contributed by atoms with Gasteiger partial charge in [-0.3, -0.25) is 4.90 Å². The van der Waals surface area contributed by atoms with Gasteiger partial charge in [-0.2, -0.15) is 0 Å². The second-order valence-electron chi connectivity index (χ2n) is 4.14. The van der Waals surface area contributed by atoms with Gasteiger partial charge in [-0.25, -0.2) is 0 Å². The summed E-state index contributed by atoms with van der Waals surface area (Å²) in [4.78, 5) is 2.30. The van der Waals surface area contributed by atoms with Crippen molar-refractivity contribution in [3.8, 4) is 0 Å². The zero-order valence-electron chi connectivity index (χ0n) is 10.4. The monoisotopic (exact) mass is 230 g/mol. The number of benzene rings is 1. The Kier molecular flexibility index (Phi) is 6.30. The fourth-order valence-electron chi connectivity index (χ4n) is 1.94. The van der Waals surface area contributed by atoms with Crippen LogP contribution in [0.2, 0.25) is 0 Å². The van der Waals surface area contributed by atoms with Crippen molar-refractivity contribution >= 4 is 0 Å². The predicted molar refractivity (Wildman–Crippen MR) is 75.1 cm³/mol. The van der Waals surface area contributed by atoms with Crippen molar-refractivity contribution in [2.24, 2.45) is 5.73 Å². The number of nitrogens with zero attached hydrogens (tertiary/aromatic N) is 1. The first-order valence-electron chi connectivity index (χ1n) is 6.01. The molecule has 0 radical (unpaired) electrons. The number of hydrogen-bond donors (Lipinski definition) is 1. The molecule has 1 aromatic rings. The molecule has 0 heterocycles. The Morgan fingerprint density at radius 1 is 1.12 bits per heavy atom. The summed E-state index contributed by atoms with van der Waals surface area (Å²) in [5, 5.41) is 0. The van der Waals surface area contributed by atoms with Crippen LogP contribution in [0.5, 0.6) is 0 Å². The molecule has 2 nitrogen and oxygen atoms in total. The standard InChI is InChI=1S/C15H22N2/c1-3-10-17(11-4-2)13-15(12-16)14-8-6-5-7-9-14/h3-9,15H,1-2,10-13,16H2. The van der Waals surface area contributed by atoms with E-state index in [0.717, 1.165) is 19.6 Å². The van der Waals surface area contributed by atoms with Crippen LogP contribution in [0, 0.1) is 0 Å². The summed E-state index contributed by atoms with van der Waals surface area (Å²) in [6.45, 7) is 10.9. The van der Waals surface area contributed by atoms with E-state index in [4.69, 9.17) is 5.73 Å². The van der Waals surface area contributed by atoms with E-state index in [1.54, 1.807) is 0 Å². The molecule has 2 heteroatoms. The molecule has 0 aliphatic heterocycles. The first kappa shape index (κ1) is 13.7. The van der Waals surface area contributed by atoms with E-state index in [1.807, 2.05) is 18.2 Å². The topological polar surface area (TPSA) is 29.3 Å². The van der Waals surface area contributed by atoms with Crippen molar-refractivity contribution in [3.05, 3.63) is 61.2 Å². The highest BCUT2D eigenvalue weighted by molar-refractivity contribution is 5.20. The van der Waals surface area contributed by atoms with Gasteiger partial charge in [-0.05, 0) is 5.56 Å². The number of rotatable bonds is 8. The van der Waals surface area contributed by atoms with Gasteiger partial charge in [-0.1, -0.05) is 42.5 Å². The van der Waals surface area contributed by atoms with E-state index in [-0.39, 0.29) is 0 Å². The Hall–Kier alpha value is -1.38. The van der Waals surface area contributed by atoms with Crippen LogP contribution in [0.1, 0.15) is 11.5 Å². The van der Waals surface area contributed by atoms with E-state index >= 15 is 0 Å². The average molecular weight is 230 g/mol. The maximum absolute atomic E-state index is 5.87. The summed E-state index contributed by atoms with van der Waals surface area (Å²) in [5.41, 5.74) is 7.17. The second kappa shape index (κ2) is 7.82. The second-order valence-corrected chi connectivity index (χ2v) is 4.14. The quantitative estimate of drug-likeness (QED) is 0.695. The molecule has 17 heavy (non-hydrogen) atoms. The third-order valence-corrected chi connectivity index (χ3v) is 2.81. The van der Waals surface area contributed by atoms with Gasteiger partial charge in [0.1, 0.15) is 0 Å². The minimum absolute atomic E-state index is 0.371. The molecule has 2 N–H and O–H groups in total. The molecule has 0 aromatic heterocycles. The Bertz CT molecular complexity index is 322. The maximum Gasteiger partial charge on any atom is 0.0164 e. The number of hydrogen-bond acceptors (Lipinski definition) is 2. The summed E-state index contributed by atoms with van der Waals surface area (Å²) in [5.74, 6) is 0.371. The van der Waals surface area contributed by atoms with Crippen LogP contribution < -0.4 is 5.73 Å². The molecule has 1 unspecified atom stereocenters. The van der Waals surface area contributed by atoms with Crippen LogP contribution in [0.3, 0.4) is 0 Å². The summed E-state index contributed by atoms with van der Waals surface area (Å²) < 4.78 is 0. The Balaban J connectivity index is 2.67. The predicted octanol–water partition coefficient (Wildman–Crippen LogP) is 2.40. The van der Waals surface area contributed by atoms with Crippen molar-refractivity contribution in [2.45, 2.75) is 5.92 Å². The largest absolute Gasteiger partial charge is 0.330 e. The molecule has 0 amide bonds. The van der Waals surface area contributed by atoms with Gasteiger partial charge < -0.3 is 5.73 Å². The molecule has 0 aliphatic rings. The Labute approximate surface area is 104 Å². The smallest absolute Gasteiger partial charge is 0.0164 e. The fourth-order valence-corrected chi connectivity index (χ4v) is 1.94. The van der Waals surface area contributed by atoms with Crippen LogP contribution in [0.4, 0.5) is 0 Å². The molecule has 1 atom stereocenters. The third kappa shape index (κ3) is 4.55. The lowest BCUT2D eigenvalue weighted by Crippen LogP contribution is -2.32. The van der Waals surface area contributed by atoms with E-state index in [1.165, 1.54) is 5.56 Å². The summed E-state index contributed by atoms with van der Waals surface area (Å²) in [6, 6.07) is 10.4. The van der Waals surface area contributed by atoms with Gasteiger partial charge in [0.05, 0.1) is 0 Å². The molecular weight excluding hydrogens is 208 g/mol. The molecule has 0 fully saturated rings. The third-order valence-electron chi connectivity index (χ3n) is 2.81. The average Bonchev–Trinajstić information content (AvgIpc) is 2.37. The van der Waals surface area contributed by atoms with Gasteiger partial charge in [-0.15, -0.1) is 13.2 Å². The zero-order chi connectivity index (χ0) is 12.5. The summed E-state index contributed by atoms with van der Waals surface area (Å²) in [6.07, 6.45) is 3.84. The molecular formula is C15H22N2. The van der Waals surface area contributed by atoms with Crippen molar-refractivity contribution < 1.29 is 0 Å². The highest BCUT2D eigenvalue weighted by atomic mass is 15.1. The van der Waals surface area contributed by atoms with E-state index in [2.05, 4.69) is 42.3 Å². The highest BCUT2D eigenvalue weighted by Gasteiger charge is 2.12. The van der Waals surface area contributed by atoms with Crippen molar-refractivity contribution in [1.82, 2.24) is 4.90 Å². The summed E-state index contributed by atoms with van der Waals surface area (Å²) >= 11 is 0. The fraction of sp³-hybridized carbons (Fsp3) is 0.333. The van der Waals surface area contributed by atoms with Crippen LogP contribution >= 0.6 is 0 Å². The SMILES string of the molecule is C=CCN(CC=C)CC(CN)c1ccccc1. The van der Waals surface area contributed by atoms with Crippen molar-refractivity contribution in [2.75, 3.05) is 26.2 Å². The molecule has 1 aromatic carbocycles. The molecule has 0 spiro atoms. The minimum Gasteiger partial charge on any atom is -0.330 e. The van der Waals surface area contributed by atoms with Gasteiger partial charge >= 0.3 is 0 Å². The first-order valence-corrected chi connectivity index (χ1v) is 6.01. The van der Waals surface area contributed by atoms with E-state index < -0.39 is 0 Å². The van der Waals surface area contributed by atoms with Crippen LogP contribution in [-0.4, -0.2) is 31.1 Å².